The zero-order valence-corrected chi connectivity index (χ0v) is 12.7. The van der Waals surface area contributed by atoms with Crippen LogP contribution in [0, 0.1) is 5.92 Å². The van der Waals surface area contributed by atoms with Gasteiger partial charge in [-0.2, -0.15) is 0 Å². The average molecular weight is 283 g/mol. The zero-order chi connectivity index (χ0) is 14.5. The van der Waals surface area contributed by atoms with Gasteiger partial charge in [-0.05, 0) is 38.8 Å². The first-order valence-corrected chi connectivity index (χ1v) is 7.61. The monoisotopic (exact) mass is 283 g/mol. The van der Waals surface area contributed by atoms with Crippen molar-refractivity contribution < 1.29 is 13.7 Å². The minimum atomic E-state index is -1.17. The molecule has 0 fully saturated rings. The Hall–Kier alpha value is -1.23. The van der Waals surface area contributed by atoms with Crippen LogP contribution in [0.2, 0.25) is 0 Å². The van der Waals surface area contributed by atoms with Crippen molar-refractivity contribution in [1.29, 1.82) is 0 Å². The lowest BCUT2D eigenvalue weighted by molar-refractivity contribution is -0.155. The third kappa shape index (κ3) is 6.47. The van der Waals surface area contributed by atoms with Gasteiger partial charge in [0.15, 0.2) is 0 Å². The normalized spacial score (nSPS) is 14.7. The lowest BCUT2D eigenvalue weighted by Gasteiger charge is -2.20. The van der Waals surface area contributed by atoms with Crippen molar-refractivity contribution in [1.82, 2.24) is 4.98 Å². The summed E-state index contributed by atoms with van der Waals surface area (Å²) in [4.78, 5) is 15.7. The van der Waals surface area contributed by atoms with Crippen LogP contribution in [-0.4, -0.2) is 26.5 Å². The summed E-state index contributed by atoms with van der Waals surface area (Å²) in [6, 6.07) is 5.32. The summed E-state index contributed by atoms with van der Waals surface area (Å²) in [5.74, 6) is 0.159. The van der Waals surface area contributed by atoms with Gasteiger partial charge in [0.05, 0.1) is 10.8 Å². The van der Waals surface area contributed by atoms with Crippen LogP contribution in [-0.2, 0) is 20.3 Å². The highest BCUT2D eigenvalue weighted by Gasteiger charge is 2.20. The quantitative estimate of drug-likeness (QED) is 0.779. The van der Waals surface area contributed by atoms with Gasteiger partial charge in [-0.1, -0.05) is 13.0 Å². The smallest absolute Gasteiger partial charge is 0.306 e. The predicted molar refractivity (Wildman–Crippen MR) is 75.1 cm³/mol. The van der Waals surface area contributed by atoms with Gasteiger partial charge in [-0.3, -0.25) is 9.00 Å². The molecule has 0 saturated carbocycles. The first-order valence-electron chi connectivity index (χ1n) is 6.29. The standard InChI is InChI=1S/C14H21NO3S/c1-11(9-13(16)18-14(2,3)4)10-19(17)12-7-5-6-8-15-12/h5-8,11H,9-10H2,1-4H3/t11-,19?/m1/s1. The summed E-state index contributed by atoms with van der Waals surface area (Å²) >= 11 is 0. The second-order valence-corrected chi connectivity index (χ2v) is 7.02. The van der Waals surface area contributed by atoms with Crippen LogP contribution in [0.25, 0.3) is 0 Å². The van der Waals surface area contributed by atoms with Gasteiger partial charge in [-0.15, -0.1) is 0 Å². The van der Waals surface area contributed by atoms with Crippen LogP contribution in [0.15, 0.2) is 29.4 Å². The van der Waals surface area contributed by atoms with Crippen LogP contribution in [0.3, 0.4) is 0 Å². The Balaban J connectivity index is 2.45. The first kappa shape index (κ1) is 15.8. The Labute approximate surface area is 117 Å². The van der Waals surface area contributed by atoms with Gasteiger partial charge < -0.3 is 4.74 Å². The number of pyridine rings is 1. The third-order valence-corrected chi connectivity index (χ3v) is 3.82. The highest BCUT2D eigenvalue weighted by Crippen LogP contribution is 2.14. The van der Waals surface area contributed by atoms with Gasteiger partial charge >= 0.3 is 5.97 Å². The summed E-state index contributed by atoms with van der Waals surface area (Å²) in [6.07, 6.45) is 1.89. The van der Waals surface area contributed by atoms with Crippen molar-refractivity contribution in [2.24, 2.45) is 5.92 Å². The summed E-state index contributed by atoms with van der Waals surface area (Å²) < 4.78 is 17.3. The molecular weight excluding hydrogens is 262 g/mol. The van der Waals surface area contributed by atoms with Gasteiger partial charge in [0.2, 0.25) is 0 Å². The molecular formula is C14H21NO3S. The summed E-state index contributed by atoms with van der Waals surface area (Å²) in [6.45, 7) is 7.40. The molecule has 0 aliphatic heterocycles. The molecule has 4 nitrogen and oxygen atoms in total. The van der Waals surface area contributed by atoms with Crippen LogP contribution in [0.1, 0.15) is 34.1 Å². The van der Waals surface area contributed by atoms with E-state index in [1.54, 1.807) is 24.4 Å². The molecule has 1 aromatic rings. The maximum absolute atomic E-state index is 12.0. The number of aromatic nitrogens is 1. The number of rotatable bonds is 5. The topological polar surface area (TPSA) is 56.3 Å². The molecule has 1 heterocycles. The number of hydrogen-bond acceptors (Lipinski definition) is 4. The molecule has 0 N–H and O–H groups in total. The molecule has 19 heavy (non-hydrogen) atoms. The third-order valence-electron chi connectivity index (χ3n) is 2.24. The Morgan fingerprint density at radius 1 is 1.42 bits per heavy atom. The lowest BCUT2D eigenvalue weighted by Crippen LogP contribution is -2.25. The molecule has 0 spiro atoms. The first-order chi connectivity index (χ1) is 8.78. The Morgan fingerprint density at radius 3 is 2.63 bits per heavy atom. The fourth-order valence-electron chi connectivity index (χ4n) is 1.55. The molecule has 0 bridgehead atoms. The number of nitrogens with zero attached hydrogens (tertiary/aromatic N) is 1. The maximum atomic E-state index is 12.0. The molecule has 1 unspecified atom stereocenters. The predicted octanol–water partition coefficient (Wildman–Crippen LogP) is 2.56. The minimum Gasteiger partial charge on any atom is -0.460 e. The average Bonchev–Trinajstić information content (AvgIpc) is 2.27. The maximum Gasteiger partial charge on any atom is 0.306 e. The van der Waals surface area contributed by atoms with E-state index in [1.807, 2.05) is 27.7 Å². The van der Waals surface area contributed by atoms with Crippen LogP contribution in [0.5, 0.6) is 0 Å². The minimum absolute atomic E-state index is 0.00214. The summed E-state index contributed by atoms with van der Waals surface area (Å²) in [5, 5.41) is 0.554. The van der Waals surface area contributed by atoms with Crippen LogP contribution < -0.4 is 0 Å². The van der Waals surface area contributed by atoms with E-state index in [9.17, 15) is 9.00 Å². The molecule has 5 heteroatoms. The largest absolute Gasteiger partial charge is 0.460 e. The van der Waals surface area contributed by atoms with Gasteiger partial charge in [0.25, 0.3) is 0 Å². The van der Waals surface area contributed by atoms with E-state index in [4.69, 9.17) is 4.74 Å². The molecule has 2 atom stereocenters. The lowest BCUT2D eigenvalue weighted by atomic mass is 10.1. The number of carbonyl (C=O) groups excluding carboxylic acids is 1. The number of esters is 1. The zero-order valence-electron chi connectivity index (χ0n) is 11.9. The molecule has 0 radical (unpaired) electrons. The molecule has 0 aliphatic rings. The molecule has 1 rings (SSSR count). The van der Waals surface area contributed by atoms with E-state index in [0.717, 1.165) is 0 Å². The van der Waals surface area contributed by atoms with Gasteiger partial charge in [-0.25, -0.2) is 4.98 Å². The van der Waals surface area contributed by atoms with Crippen molar-refractivity contribution in [2.75, 3.05) is 5.75 Å². The number of ether oxygens (including phenoxy) is 1. The SMILES string of the molecule is C[C@H](CC(=O)OC(C)(C)C)CS(=O)c1ccccn1. The Bertz CT molecular complexity index is 440. The van der Waals surface area contributed by atoms with Crippen LogP contribution in [0.4, 0.5) is 0 Å². The highest BCUT2D eigenvalue weighted by atomic mass is 32.2. The fraction of sp³-hybridized carbons (Fsp3) is 0.571. The molecule has 0 aliphatic carbocycles. The van der Waals surface area contributed by atoms with E-state index >= 15 is 0 Å². The number of hydrogen-bond donors (Lipinski definition) is 0. The summed E-state index contributed by atoms with van der Waals surface area (Å²) in [5.41, 5.74) is -0.475. The molecule has 1 aromatic heterocycles. The molecule has 0 aromatic carbocycles. The Morgan fingerprint density at radius 2 is 2.11 bits per heavy atom. The van der Waals surface area contributed by atoms with Crippen molar-refractivity contribution in [3.63, 3.8) is 0 Å². The second kappa shape index (κ2) is 6.80. The number of carbonyl (C=O) groups is 1. The van der Waals surface area contributed by atoms with E-state index in [1.165, 1.54) is 0 Å². The van der Waals surface area contributed by atoms with Crippen molar-refractivity contribution in [3.8, 4) is 0 Å². The molecule has 0 amide bonds. The van der Waals surface area contributed by atoms with E-state index in [2.05, 4.69) is 4.98 Å². The van der Waals surface area contributed by atoms with Gasteiger partial charge in [0, 0.05) is 18.4 Å². The second-order valence-electron chi connectivity index (χ2n) is 5.58. The van der Waals surface area contributed by atoms with E-state index in [-0.39, 0.29) is 18.3 Å². The van der Waals surface area contributed by atoms with Gasteiger partial charge in [0.1, 0.15) is 10.6 Å². The highest BCUT2D eigenvalue weighted by molar-refractivity contribution is 7.84. The van der Waals surface area contributed by atoms with Crippen molar-refractivity contribution >= 4 is 16.8 Å². The van der Waals surface area contributed by atoms with Crippen molar-refractivity contribution in [3.05, 3.63) is 24.4 Å². The van der Waals surface area contributed by atoms with Crippen LogP contribution >= 0.6 is 0 Å². The molecule has 106 valence electrons. The van der Waals surface area contributed by atoms with E-state index < -0.39 is 16.4 Å². The van der Waals surface area contributed by atoms with E-state index in [0.29, 0.717) is 10.8 Å². The molecule has 0 saturated heterocycles. The fourth-order valence-corrected chi connectivity index (χ4v) is 2.77. The Kier molecular flexibility index (Phi) is 5.66. The summed E-state index contributed by atoms with van der Waals surface area (Å²) in [7, 11) is -1.17. The van der Waals surface area contributed by atoms with Crippen molar-refractivity contribution in [2.45, 2.75) is 44.7 Å².